The number of anilines is 1. The van der Waals surface area contributed by atoms with Crippen molar-refractivity contribution in [2.75, 3.05) is 18.4 Å². The predicted molar refractivity (Wildman–Crippen MR) is 97.0 cm³/mol. The van der Waals surface area contributed by atoms with Gasteiger partial charge in [-0.2, -0.15) is 0 Å². The predicted octanol–water partition coefficient (Wildman–Crippen LogP) is 4.81. The van der Waals surface area contributed by atoms with Gasteiger partial charge < -0.3 is 5.32 Å². The van der Waals surface area contributed by atoms with Crippen LogP contribution in [0, 0.1) is 6.92 Å². The van der Waals surface area contributed by atoms with Gasteiger partial charge in [0.15, 0.2) is 0 Å². The highest BCUT2D eigenvalue weighted by Gasteiger charge is 2.15. The minimum atomic E-state index is 0.248. The number of benzene rings is 1. The van der Waals surface area contributed by atoms with E-state index in [-0.39, 0.29) is 6.04 Å². The average molecular weight is 330 g/mol. The third-order valence-electron chi connectivity index (χ3n) is 4.49. The molecule has 4 heteroatoms. The summed E-state index contributed by atoms with van der Waals surface area (Å²) in [7, 11) is 0. The lowest BCUT2D eigenvalue weighted by atomic mass is 10.0. The van der Waals surface area contributed by atoms with Crippen LogP contribution >= 0.6 is 11.6 Å². The number of pyridine rings is 1. The number of rotatable bonds is 6. The Morgan fingerprint density at radius 2 is 2.09 bits per heavy atom. The van der Waals surface area contributed by atoms with Crippen molar-refractivity contribution >= 4 is 17.4 Å². The Morgan fingerprint density at radius 3 is 2.74 bits per heavy atom. The molecule has 3 nitrogen and oxygen atoms in total. The van der Waals surface area contributed by atoms with E-state index in [1.807, 2.05) is 19.2 Å². The van der Waals surface area contributed by atoms with Gasteiger partial charge in [-0.15, -0.1) is 0 Å². The highest BCUT2D eigenvalue weighted by Crippen LogP contribution is 2.26. The number of halogens is 1. The molecule has 0 amide bonds. The monoisotopic (exact) mass is 329 g/mol. The molecule has 2 aromatic rings. The molecule has 1 aromatic heterocycles. The molecule has 0 radical (unpaired) electrons. The third-order valence-corrected chi connectivity index (χ3v) is 4.92. The summed E-state index contributed by atoms with van der Waals surface area (Å²) in [5, 5.41) is 4.39. The van der Waals surface area contributed by atoms with Crippen LogP contribution in [0.25, 0.3) is 0 Å². The smallest absolute Gasteiger partial charge is 0.126 e. The zero-order valence-electron chi connectivity index (χ0n) is 13.8. The highest BCUT2D eigenvalue weighted by molar-refractivity contribution is 6.31. The van der Waals surface area contributed by atoms with Crippen LogP contribution in [-0.4, -0.2) is 23.0 Å². The van der Waals surface area contributed by atoms with E-state index in [1.165, 1.54) is 30.6 Å². The van der Waals surface area contributed by atoms with Crippen molar-refractivity contribution < 1.29 is 0 Å². The van der Waals surface area contributed by atoms with Gasteiger partial charge >= 0.3 is 0 Å². The maximum atomic E-state index is 6.14. The van der Waals surface area contributed by atoms with Gasteiger partial charge in [0, 0.05) is 17.8 Å². The number of hydrogen-bond donors (Lipinski definition) is 1. The molecule has 0 aliphatic carbocycles. The van der Waals surface area contributed by atoms with Gasteiger partial charge in [0.2, 0.25) is 0 Å². The maximum Gasteiger partial charge on any atom is 0.126 e. The SMILES string of the molecule is CC[C@@H](Nc1cc(CN2CCC2)ccn1)c1ccc(Cl)c(C)c1. The van der Waals surface area contributed by atoms with E-state index in [2.05, 4.69) is 46.4 Å². The van der Waals surface area contributed by atoms with Crippen LogP contribution in [0.5, 0.6) is 0 Å². The second-order valence-electron chi connectivity index (χ2n) is 6.29. The molecule has 122 valence electrons. The number of nitrogens with one attached hydrogen (secondary N) is 1. The largest absolute Gasteiger partial charge is 0.363 e. The molecule has 2 heterocycles. The zero-order valence-corrected chi connectivity index (χ0v) is 14.6. The van der Waals surface area contributed by atoms with Gasteiger partial charge in [-0.3, -0.25) is 4.90 Å². The lowest BCUT2D eigenvalue weighted by Gasteiger charge is -2.30. The topological polar surface area (TPSA) is 28.2 Å². The molecule has 1 saturated heterocycles. The summed E-state index contributed by atoms with van der Waals surface area (Å²) in [5.74, 6) is 0.947. The summed E-state index contributed by atoms with van der Waals surface area (Å²) in [6.07, 6.45) is 4.22. The first-order valence-corrected chi connectivity index (χ1v) is 8.73. The molecule has 0 bridgehead atoms. The first-order chi connectivity index (χ1) is 11.2. The maximum absolute atomic E-state index is 6.14. The lowest BCUT2D eigenvalue weighted by molar-refractivity contribution is 0.172. The van der Waals surface area contributed by atoms with Crippen molar-refractivity contribution in [3.05, 3.63) is 58.2 Å². The van der Waals surface area contributed by atoms with Crippen LogP contribution in [-0.2, 0) is 6.54 Å². The van der Waals surface area contributed by atoms with Crippen molar-refractivity contribution in [3.63, 3.8) is 0 Å². The summed E-state index contributed by atoms with van der Waals surface area (Å²) in [6, 6.07) is 10.8. The van der Waals surface area contributed by atoms with Gasteiger partial charge in [-0.1, -0.05) is 30.7 Å². The van der Waals surface area contributed by atoms with Crippen LogP contribution in [0.3, 0.4) is 0 Å². The molecule has 23 heavy (non-hydrogen) atoms. The Hall–Kier alpha value is -1.58. The molecule has 1 atom stereocenters. The Bertz CT molecular complexity index is 667. The summed E-state index contributed by atoms with van der Waals surface area (Å²) in [5.41, 5.74) is 3.69. The Morgan fingerprint density at radius 1 is 1.26 bits per heavy atom. The van der Waals surface area contributed by atoms with Gasteiger partial charge in [0.05, 0.1) is 6.04 Å². The summed E-state index contributed by atoms with van der Waals surface area (Å²) in [6.45, 7) is 7.68. The van der Waals surface area contributed by atoms with Crippen molar-refractivity contribution in [1.82, 2.24) is 9.88 Å². The van der Waals surface area contributed by atoms with E-state index in [0.717, 1.165) is 29.4 Å². The van der Waals surface area contributed by atoms with E-state index in [1.54, 1.807) is 0 Å². The minimum absolute atomic E-state index is 0.248. The average Bonchev–Trinajstić information content (AvgIpc) is 2.52. The van der Waals surface area contributed by atoms with E-state index in [4.69, 9.17) is 11.6 Å². The fourth-order valence-electron chi connectivity index (χ4n) is 2.93. The van der Waals surface area contributed by atoms with Crippen LogP contribution < -0.4 is 5.32 Å². The third kappa shape index (κ3) is 4.04. The fraction of sp³-hybridized carbons (Fsp3) is 0.421. The molecule has 1 aliphatic rings. The molecular weight excluding hydrogens is 306 g/mol. The van der Waals surface area contributed by atoms with Crippen molar-refractivity contribution in [2.24, 2.45) is 0 Å². The lowest BCUT2D eigenvalue weighted by Crippen LogP contribution is -2.36. The number of nitrogens with zero attached hydrogens (tertiary/aromatic N) is 2. The van der Waals surface area contributed by atoms with Crippen molar-refractivity contribution in [3.8, 4) is 0 Å². The molecule has 0 saturated carbocycles. The second-order valence-corrected chi connectivity index (χ2v) is 6.70. The minimum Gasteiger partial charge on any atom is -0.363 e. The summed E-state index contributed by atoms with van der Waals surface area (Å²) in [4.78, 5) is 6.95. The van der Waals surface area contributed by atoms with Crippen molar-refractivity contribution in [1.29, 1.82) is 0 Å². The number of aromatic nitrogens is 1. The standard InChI is InChI=1S/C19H24ClN3/c1-3-18(16-5-6-17(20)14(2)11-16)22-19-12-15(7-8-21-19)13-23-9-4-10-23/h5-8,11-12,18H,3-4,9-10,13H2,1-2H3,(H,21,22)/t18-/m1/s1. The van der Waals surface area contributed by atoms with Crippen molar-refractivity contribution in [2.45, 2.75) is 39.3 Å². The summed E-state index contributed by atoms with van der Waals surface area (Å²) < 4.78 is 0. The normalized spacial score (nSPS) is 16.0. The quantitative estimate of drug-likeness (QED) is 0.824. The van der Waals surface area contributed by atoms with Crippen LogP contribution in [0.15, 0.2) is 36.5 Å². The van der Waals surface area contributed by atoms with Gasteiger partial charge in [0.1, 0.15) is 5.82 Å². The Balaban J connectivity index is 1.72. The molecular formula is C19H24ClN3. The summed E-state index contributed by atoms with van der Waals surface area (Å²) >= 11 is 6.14. The fourth-order valence-corrected chi connectivity index (χ4v) is 3.05. The second kappa shape index (κ2) is 7.33. The molecule has 3 rings (SSSR count). The number of hydrogen-bond acceptors (Lipinski definition) is 3. The van der Waals surface area contributed by atoms with Gasteiger partial charge in [-0.05, 0) is 67.7 Å². The first kappa shape index (κ1) is 16.3. The van der Waals surface area contributed by atoms with Crippen LogP contribution in [0.2, 0.25) is 5.02 Å². The molecule has 1 aliphatic heterocycles. The van der Waals surface area contributed by atoms with Crippen LogP contribution in [0.4, 0.5) is 5.82 Å². The molecule has 0 unspecified atom stereocenters. The first-order valence-electron chi connectivity index (χ1n) is 8.35. The Kier molecular flexibility index (Phi) is 5.19. The van der Waals surface area contributed by atoms with E-state index in [0.29, 0.717) is 0 Å². The molecule has 1 aromatic carbocycles. The molecule has 1 fully saturated rings. The highest BCUT2D eigenvalue weighted by atomic mass is 35.5. The number of likely N-dealkylation sites (tertiary alicyclic amines) is 1. The van der Waals surface area contributed by atoms with Gasteiger partial charge in [-0.25, -0.2) is 4.98 Å². The van der Waals surface area contributed by atoms with E-state index in [9.17, 15) is 0 Å². The number of aryl methyl sites for hydroxylation is 1. The van der Waals surface area contributed by atoms with E-state index < -0.39 is 0 Å². The Labute approximate surface area is 143 Å². The van der Waals surface area contributed by atoms with Gasteiger partial charge in [0.25, 0.3) is 0 Å². The molecule has 0 spiro atoms. The molecule has 1 N–H and O–H groups in total. The van der Waals surface area contributed by atoms with E-state index >= 15 is 0 Å². The zero-order chi connectivity index (χ0) is 16.2. The van der Waals surface area contributed by atoms with Crippen LogP contribution in [0.1, 0.15) is 42.5 Å².